The third kappa shape index (κ3) is 4.08. The van der Waals surface area contributed by atoms with Gasteiger partial charge < -0.3 is 15.3 Å². The van der Waals surface area contributed by atoms with Gasteiger partial charge in [0.25, 0.3) is 0 Å². The maximum absolute atomic E-state index is 11.5. The molecule has 0 unspecified atom stereocenters. The molecule has 0 aliphatic rings. The summed E-state index contributed by atoms with van der Waals surface area (Å²) >= 11 is 5.82. The number of benzene rings is 1. The number of rotatable bonds is 4. The first-order valence-corrected chi connectivity index (χ1v) is 5.35. The molecule has 5 heteroatoms. The summed E-state index contributed by atoms with van der Waals surface area (Å²) in [4.78, 5) is 12.9. The van der Waals surface area contributed by atoms with Gasteiger partial charge in [-0.1, -0.05) is 23.7 Å². The van der Waals surface area contributed by atoms with Gasteiger partial charge in [-0.25, -0.2) is 4.79 Å². The van der Waals surface area contributed by atoms with E-state index >= 15 is 0 Å². The number of hydrogen-bond acceptors (Lipinski definition) is 2. The maximum atomic E-state index is 11.5. The third-order valence-electron chi connectivity index (χ3n) is 2.11. The van der Waals surface area contributed by atoms with Crippen molar-refractivity contribution >= 4 is 17.6 Å². The number of likely N-dealkylation sites (N-methyl/N-ethyl adjacent to an activating group) is 1. The number of carbonyl (C=O) groups is 1. The molecule has 0 aliphatic carbocycles. The van der Waals surface area contributed by atoms with Gasteiger partial charge in [0.05, 0.1) is 6.61 Å². The lowest BCUT2D eigenvalue weighted by Gasteiger charge is -2.16. The minimum Gasteiger partial charge on any atom is -0.395 e. The SMILES string of the molecule is CN(CCO)C(=O)NCc1cccc(Cl)c1. The van der Waals surface area contributed by atoms with Crippen LogP contribution in [0.15, 0.2) is 24.3 Å². The third-order valence-corrected chi connectivity index (χ3v) is 2.35. The summed E-state index contributed by atoms with van der Waals surface area (Å²) in [5.41, 5.74) is 0.943. The predicted octanol–water partition coefficient (Wildman–Crippen LogP) is 1.47. The summed E-state index contributed by atoms with van der Waals surface area (Å²) in [6, 6.07) is 7.09. The van der Waals surface area contributed by atoms with E-state index in [-0.39, 0.29) is 12.6 Å². The van der Waals surface area contributed by atoms with Gasteiger partial charge in [-0.2, -0.15) is 0 Å². The van der Waals surface area contributed by atoms with E-state index < -0.39 is 0 Å². The normalized spacial score (nSPS) is 9.94. The van der Waals surface area contributed by atoms with E-state index in [9.17, 15) is 4.79 Å². The molecule has 1 aromatic carbocycles. The van der Waals surface area contributed by atoms with E-state index in [2.05, 4.69) is 5.32 Å². The Labute approximate surface area is 99.8 Å². The highest BCUT2D eigenvalue weighted by molar-refractivity contribution is 6.30. The average molecular weight is 243 g/mol. The second-order valence-corrected chi connectivity index (χ2v) is 3.87. The van der Waals surface area contributed by atoms with E-state index in [1.54, 1.807) is 19.2 Å². The molecule has 0 bridgehead atoms. The quantitative estimate of drug-likeness (QED) is 0.840. The number of amides is 2. The van der Waals surface area contributed by atoms with Crippen LogP contribution in [0.25, 0.3) is 0 Å². The number of urea groups is 1. The van der Waals surface area contributed by atoms with Crippen LogP contribution in [0, 0.1) is 0 Å². The van der Waals surface area contributed by atoms with Crippen LogP contribution >= 0.6 is 11.6 Å². The molecule has 88 valence electrons. The first kappa shape index (κ1) is 12.8. The Morgan fingerprint density at radius 3 is 2.94 bits per heavy atom. The Kier molecular flexibility index (Phi) is 5.08. The van der Waals surface area contributed by atoms with Crippen LogP contribution in [-0.4, -0.2) is 36.2 Å². The Morgan fingerprint density at radius 1 is 1.56 bits per heavy atom. The molecule has 0 fully saturated rings. The summed E-state index contributed by atoms with van der Waals surface area (Å²) in [7, 11) is 1.63. The molecule has 0 spiro atoms. The molecule has 0 saturated heterocycles. The number of halogens is 1. The van der Waals surface area contributed by atoms with Crippen molar-refractivity contribution in [1.29, 1.82) is 0 Å². The van der Waals surface area contributed by atoms with Crippen LogP contribution in [0.2, 0.25) is 5.02 Å². The summed E-state index contributed by atoms with van der Waals surface area (Å²) in [6.45, 7) is 0.706. The minimum atomic E-state index is -0.214. The summed E-state index contributed by atoms with van der Waals surface area (Å²) in [6.07, 6.45) is 0. The number of aliphatic hydroxyl groups excluding tert-OH is 1. The first-order valence-electron chi connectivity index (χ1n) is 4.97. The molecule has 0 atom stereocenters. The highest BCUT2D eigenvalue weighted by Crippen LogP contribution is 2.10. The molecule has 0 aliphatic heterocycles. The molecule has 2 amide bonds. The highest BCUT2D eigenvalue weighted by atomic mass is 35.5. The molecule has 4 nitrogen and oxygen atoms in total. The zero-order valence-corrected chi connectivity index (χ0v) is 9.87. The second-order valence-electron chi connectivity index (χ2n) is 3.43. The van der Waals surface area contributed by atoms with Gasteiger partial charge in [-0.3, -0.25) is 0 Å². The van der Waals surface area contributed by atoms with Crippen molar-refractivity contribution in [3.63, 3.8) is 0 Å². The Balaban J connectivity index is 2.42. The largest absolute Gasteiger partial charge is 0.395 e. The molecule has 0 saturated carbocycles. The van der Waals surface area contributed by atoms with Gasteiger partial charge in [0, 0.05) is 25.2 Å². The second kappa shape index (κ2) is 6.35. The molecular weight excluding hydrogens is 228 g/mol. The highest BCUT2D eigenvalue weighted by Gasteiger charge is 2.06. The van der Waals surface area contributed by atoms with E-state index in [4.69, 9.17) is 16.7 Å². The zero-order valence-electron chi connectivity index (χ0n) is 9.11. The lowest BCUT2D eigenvalue weighted by atomic mass is 10.2. The van der Waals surface area contributed by atoms with Gasteiger partial charge in [0.1, 0.15) is 0 Å². The van der Waals surface area contributed by atoms with Gasteiger partial charge in [0.15, 0.2) is 0 Å². The van der Waals surface area contributed by atoms with E-state index in [1.165, 1.54) is 4.90 Å². The van der Waals surface area contributed by atoms with E-state index in [0.29, 0.717) is 18.1 Å². The molecular formula is C11H15ClN2O2. The summed E-state index contributed by atoms with van der Waals surface area (Å²) in [5, 5.41) is 12.0. The fraction of sp³-hybridized carbons (Fsp3) is 0.364. The van der Waals surface area contributed by atoms with Crippen molar-refractivity contribution in [3.05, 3.63) is 34.9 Å². The number of nitrogens with one attached hydrogen (secondary N) is 1. The average Bonchev–Trinajstić information content (AvgIpc) is 2.26. The summed E-state index contributed by atoms with van der Waals surface area (Å²) < 4.78 is 0. The maximum Gasteiger partial charge on any atom is 0.317 e. The fourth-order valence-electron chi connectivity index (χ4n) is 1.21. The Hall–Kier alpha value is -1.26. The monoisotopic (exact) mass is 242 g/mol. The van der Waals surface area contributed by atoms with E-state index in [1.807, 2.05) is 12.1 Å². The molecule has 16 heavy (non-hydrogen) atoms. The van der Waals surface area contributed by atoms with Crippen molar-refractivity contribution < 1.29 is 9.90 Å². The summed E-state index contributed by atoms with van der Waals surface area (Å²) in [5.74, 6) is 0. The number of carbonyl (C=O) groups excluding carboxylic acids is 1. The molecule has 1 aromatic rings. The van der Waals surface area contributed by atoms with Gasteiger partial charge >= 0.3 is 6.03 Å². The Morgan fingerprint density at radius 2 is 2.31 bits per heavy atom. The standard InChI is InChI=1S/C11H15ClN2O2/c1-14(5-6-15)11(16)13-8-9-3-2-4-10(12)7-9/h2-4,7,15H,5-6,8H2,1H3,(H,13,16). The van der Waals surface area contributed by atoms with Gasteiger partial charge in [-0.15, -0.1) is 0 Å². The van der Waals surface area contributed by atoms with Crippen LogP contribution in [0.4, 0.5) is 4.79 Å². The van der Waals surface area contributed by atoms with Crippen molar-refractivity contribution in [2.75, 3.05) is 20.2 Å². The predicted molar refractivity (Wildman–Crippen MR) is 63.4 cm³/mol. The number of nitrogens with zero attached hydrogens (tertiary/aromatic N) is 1. The lowest BCUT2D eigenvalue weighted by Crippen LogP contribution is -2.38. The first-order chi connectivity index (χ1) is 7.63. The molecule has 2 N–H and O–H groups in total. The van der Waals surface area contributed by atoms with E-state index in [0.717, 1.165) is 5.56 Å². The molecule has 0 aromatic heterocycles. The number of hydrogen-bond donors (Lipinski definition) is 2. The van der Waals surface area contributed by atoms with Crippen molar-refractivity contribution in [3.8, 4) is 0 Å². The zero-order chi connectivity index (χ0) is 12.0. The fourth-order valence-corrected chi connectivity index (χ4v) is 1.42. The van der Waals surface area contributed by atoms with Crippen molar-refractivity contribution in [1.82, 2.24) is 10.2 Å². The van der Waals surface area contributed by atoms with Crippen LogP contribution in [-0.2, 0) is 6.54 Å². The van der Waals surface area contributed by atoms with Crippen LogP contribution < -0.4 is 5.32 Å². The van der Waals surface area contributed by atoms with Crippen molar-refractivity contribution in [2.24, 2.45) is 0 Å². The van der Waals surface area contributed by atoms with Crippen LogP contribution in [0.5, 0.6) is 0 Å². The molecule has 0 heterocycles. The minimum absolute atomic E-state index is 0.0406. The molecule has 1 rings (SSSR count). The van der Waals surface area contributed by atoms with Crippen molar-refractivity contribution in [2.45, 2.75) is 6.54 Å². The topological polar surface area (TPSA) is 52.6 Å². The van der Waals surface area contributed by atoms with Gasteiger partial charge in [0.2, 0.25) is 0 Å². The molecule has 0 radical (unpaired) electrons. The van der Waals surface area contributed by atoms with Gasteiger partial charge in [-0.05, 0) is 17.7 Å². The van der Waals surface area contributed by atoms with Crippen LogP contribution in [0.3, 0.4) is 0 Å². The van der Waals surface area contributed by atoms with Crippen LogP contribution in [0.1, 0.15) is 5.56 Å². The smallest absolute Gasteiger partial charge is 0.317 e. The lowest BCUT2D eigenvalue weighted by molar-refractivity contribution is 0.190. The number of aliphatic hydroxyl groups is 1. The Bertz CT molecular complexity index is 358.